The summed E-state index contributed by atoms with van der Waals surface area (Å²) >= 11 is 12.0. The van der Waals surface area contributed by atoms with Gasteiger partial charge in [-0.1, -0.05) is 57.3 Å². The predicted octanol–water partition coefficient (Wildman–Crippen LogP) is 5.54. The fraction of sp³-hybridized carbons (Fsp3) is 0.591. The molecule has 1 heterocycles. The molecule has 0 spiro atoms. The van der Waals surface area contributed by atoms with E-state index in [-0.39, 0.29) is 17.2 Å². The van der Waals surface area contributed by atoms with Crippen molar-refractivity contribution in [2.45, 2.75) is 81.2 Å². The van der Waals surface area contributed by atoms with Gasteiger partial charge in [0.15, 0.2) is 8.32 Å². The van der Waals surface area contributed by atoms with E-state index in [1.165, 1.54) is 0 Å². The van der Waals surface area contributed by atoms with Crippen LogP contribution in [0.25, 0.3) is 0 Å². The summed E-state index contributed by atoms with van der Waals surface area (Å²) < 4.78 is 34.0. The zero-order chi connectivity index (χ0) is 22.3. The lowest BCUT2D eigenvalue weighted by atomic mass is 10.1. The van der Waals surface area contributed by atoms with Gasteiger partial charge in [0.05, 0.1) is 26.9 Å². The molecule has 0 saturated carbocycles. The van der Waals surface area contributed by atoms with Crippen LogP contribution in [0.5, 0.6) is 0 Å². The van der Waals surface area contributed by atoms with Crippen molar-refractivity contribution < 1.29 is 12.8 Å². The summed E-state index contributed by atoms with van der Waals surface area (Å²) in [5.41, 5.74) is 0. The Morgan fingerprint density at radius 2 is 1.87 bits per heavy atom. The van der Waals surface area contributed by atoms with Crippen LogP contribution in [0.4, 0.5) is 0 Å². The summed E-state index contributed by atoms with van der Waals surface area (Å²) in [4.78, 5) is 3.56. The highest BCUT2D eigenvalue weighted by Gasteiger charge is 2.49. The molecule has 1 aromatic carbocycles. The van der Waals surface area contributed by atoms with Crippen LogP contribution in [0.3, 0.4) is 0 Å². The highest BCUT2D eigenvalue weighted by atomic mass is 35.5. The van der Waals surface area contributed by atoms with Crippen molar-refractivity contribution in [3.8, 4) is 0 Å². The Morgan fingerprint density at radius 1 is 1.23 bits per heavy atom. The van der Waals surface area contributed by atoms with E-state index in [9.17, 15) is 8.42 Å². The maximum absolute atomic E-state index is 13.6. The summed E-state index contributed by atoms with van der Waals surface area (Å²) in [5, 5.41) is 0.0238. The molecule has 2 aliphatic rings. The first-order valence-corrected chi connectivity index (χ1v) is 15.8. The molecule has 8 heteroatoms. The standard InChI is InChI=1S/C22H32ClNO3S2Si/c1-22(2,3)30(4,5)27-18-12-13-19(29(25,26)17-9-7-6-8-10-17)21(18)24-16(15-23)11-14-20(24)28/h6-10,13,16,18,21H,11-12,14-15H2,1-5H3/t16-,18+,21+/m0/s1. The van der Waals surface area contributed by atoms with E-state index >= 15 is 0 Å². The molecule has 0 bridgehead atoms. The number of likely N-dealkylation sites (tertiary alicyclic amines) is 1. The number of benzene rings is 1. The third-order valence-electron chi connectivity index (χ3n) is 6.66. The van der Waals surface area contributed by atoms with Crippen LogP contribution in [-0.2, 0) is 14.3 Å². The van der Waals surface area contributed by atoms with Gasteiger partial charge in [-0.2, -0.15) is 0 Å². The summed E-state index contributed by atoms with van der Waals surface area (Å²) in [6, 6.07) is 8.23. The molecule has 1 saturated heterocycles. The largest absolute Gasteiger partial charge is 0.411 e. The Kier molecular flexibility index (Phi) is 6.90. The number of sulfone groups is 1. The maximum atomic E-state index is 13.6. The first-order valence-electron chi connectivity index (χ1n) is 10.5. The van der Waals surface area contributed by atoms with Gasteiger partial charge in [-0.25, -0.2) is 8.42 Å². The SMILES string of the molecule is CC(C)(C)[Si](C)(C)O[C@@H]1CC=C(S(=O)(=O)c2ccccc2)[C@@H]1N1C(=S)CC[C@H]1CCl. The Labute approximate surface area is 192 Å². The topological polar surface area (TPSA) is 46.6 Å². The van der Waals surface area contributed by atoms with E-state index < -0.39 is 24.2 Å². The number of halogens is 1. The van der Waals surface area contributed by atoms with Gasteiger partial charge in [0.25, 0.3) is 0 Å². The number of hydrogen-bond donors (Lipinski definition) is 0. The molecule has 166 valence electrons. The molecule has 4 nitrogen and oxygen atoms in total. The monoisotopic (exact) mass is 485 g/mol. The maximum Gasteiger partial charge on any atom is 0.204 e. The number of alkyl halides is 1. The van der Waals surface area contributed by atoms with E-state index in [4.69, 9.17) is 28.2 Å². The predicted molar refractivity (Wildman–Crippen MR) is 130 cm³/mol. The Morgan fingerprint density at radius 3 is 2.43 bits per heavy atom. The molecule has 0 radical (unpaired) electrons. The van der Waals surface area contributed by atoms with Crippen LogP contribution in [0.2, 0.25) is 18.1 Å². The van der Waals surface area contributed by atoms with Gasteiger partial charge in [0, 0.05) is 11.9 Å². The second-order valence-electron chi connectivity index (χ2n) is 9.67. The molecular weight excluding hydrogens is 454 g/mol. The second-order valence-corrected chi connectivity index (χ2v) is 17.2. The van der Waals surface area contributed by atoms with Gasteiger partial charge < -0.3 is 9.33 Å². The summed E-state index contributed by atoms with van der Waals surface area (Å²) in [5.74, 6) is 0.419. The molecule has 30 heavy (non-hydrogen) atoms. The van der Waals surface area contributed by atoms with Crippen LogP contribution in [0.1, 0.15) is 40.0 Å². The van der Waals surface area contributed by atoms with E-state index in [2.05, 4.69) is 38.8 Å². The third kappa shape index (κ3) is 4.42. The molecule has 0 aromatic heterocycles. The molecular formula is C22H32ClNO3S2Si. The van der Waals surface area contributed by atoms with Crippen molar-refractivity contribution >= 4 is 47.0 Å². The quantitative estimate of drug-likeness (QED) is 0.301. The highest BCUT2D eigenvalue weighted by molar-refractivity contribution is 7.95. The molecule has 1 aromatic rings. The minimum atomic E-state index is -3.65. The van der Waals surface area contributed by atoms with E-state index in [1.807, 2.05) is 12.1 Å². The van der Waals surface area contributed by atoms with Crippen LogP contribution in [0.15, 0.2) is 46.2 Å². The van der Waals surface area contributed by atoms with Crippen LogP contribution in [0, 0.1) is 0 Å². The molecule has 1 aliphatic heterocycles. The van der Waals surface area contributed by atoms with Crippen molar-refractivity contribution in [2.75, 3.05) is 5.88 Å². The van der Waals surface area contributed by atoms with Gasteiger partial charge in [0.2, 0.25) is 9.84 Å². The van der Waals surface area contributed by atoms with Gasteiger partial charge >= 0.3 is 0 Å². The minimum Gasteiger partial charge on any atom is -0.411 e. The van der Waals surface area contributed by atoms with E-state index in [0.717, 1.165) is 17.8 Å². The minimum absolute atomic E-state index is 0.0238. The smallest absolute Gasteiger partial charge is 0.204 e. The molecule has 1 aliphatic carbocycles. The van der Waals surface area contributed by atoms with Crippen molar-refractivity contribution in [1.82, 2.24) is 4.90 Å². The van der Waals surface area contributed by atoms with Crippen LogP contribution >= 0.6 is 23.8 Å². The number of hydrogen-bond acceptors (Lipinski definition) is 4. The van der Waals surface area contributed by atoms with Crippen molar-refractivity contribution in [3.05, 3.63) is 41.3 Å². The van der Waals surface area contributed by atoms with E-state index in [0.29, 0.717) is 22.1 Å². The zero-order valence-corrected chi connectivity index (χ0v) is 21.8. The van der Waals surface area contributed by atoms with Gasteiger partial charge in [-0.15, -0.1) is 11.6 Å². The molecule has 1 fully saturated rings. The first-order chi connectivity index (χ1) is 13.9. The van der Waals surface area contributed by atoms with Crippen molar-refractivity contribution in [2.24, 2.45) is 0 Å². The fourth-order valence-electron chi connectivity index (χ4n) is 3.95. The lowest BCUT2D eigenvalue weighted by Crippen LogP contribution is -2.53. The normalized spacial score (nSPS) is 25.7. The van der Waals surface area contributed by atoms with Gasteiger partial charge in [-0.3, -0.25) is 0 Å². The molecule has 3 rings (SSSR count). The molecule has 0 amide bonds. The average molecular weight is 486 g/mol. The highest BCUT2D eigenvalue weighted by Crippen LogP contribution is 2.43. The van der Waals surface area contributed by atoms with E-state index in [1.54, 1.807) is 24.3 Å². The lowest BCUT2D eigenvalue weighted by Gasteiger charge is -2.43. The average Bonchev–Trinajstić information content (AvgIpc) is 3.24. The van der Waals surface area contributed by atoms with Crippen molar-refractivity contribution in [3.63, 3.8) is 0 Å². The third-order valence-corrected chi connectivity index (χ3v) is 13.9. The number of rotatable bonds is 6. The first kappa shape index (κ1) is 23.9. The molecule has 3 atom stereocenters. The van der Waals surface area contributed by atoms with Crippen LogP contribution < -0.4 is 0 Å². The Balaban J connectivity index is 2.04. The second kappa shape index (κ2) is 8.66. The Bertz CT molecular complexity index is 925. The summed E-state index contributed by atoms with van der Waals surface area (Å²) in [6.45, 7) is 11.0. The van der Waals surface area contributed by atoms with Crippen molar-refractivity contribution in [1.29, 1.82) is 0 Å². The summed E-state index contributed by atoms with van der Waals surface area (Å²) in [6.07, 6.45) is 3.77. The number of nitrogens with zero attached hydrogens (tertiary/aromatic N) is 1. The molecule has 0 unspecified atom stereocenters. The fourth-order valence-corrected chi connectivity index (χ4v) is 7.65. The van der Waals surface area contributed by atoms with Crippen LogP contribution in [-0.4, -0.2) is 50.7 Å². The van der Waals surface area contributed by atoms with Gasteiger partial charge in [-0.05, 0) is 49.5 Å². The number of thiocarbonyl (C=S) groups is 1. The lowest BCUT2D eigenvalue weighted by molar-refractivity contribution is 0.117. The van der Waals surface area contributed by atoms with Gasteiger partial charge in [0.1, 0.15) is 0 Å². The zero-order valence-electron chi connectivity index (χ0n) is 18.4. The summed E-state index contributed by atoms with van der Waals surface area (Å²) in [7, 11) is -5.77. The Hall–Kier alpha value is -0.733. The molecule has 0 N–H and O–H groups in total.